The number of oxime groups is 1. The maximum atomic E-state index is 14.3. The zero-order valence-corrected chi connectivity index (χ0v) is 32.1. The highest BCUT2D eigenvalue weighted by Crippen LogP contribution is 2.61. The Morgan fingerprint density at radius 1 is 1.07 bits per heavy atom. The van der Waals surface area contributed by atoms with E-state index in [0.717, 1.165) is 48.1 Å². The van der Waals surface area contributed by atoms with Gasteiger partial charge in [0.2, 0.25) is 11.7 Å². The molecule has 2 amide bonds. The van der Waals surface area contributed by atoms with Gasteiger partial charge in [0.15, 0.2) is 0 Å². The molecular formula is C42H57N3O9. The topological polar surface area (TPSA) is 148 Å². The van der Waals surface area contributed by atoms with E-state index in [1.54, 1.807) is 31.2 Å². The summed E-state index contributed by atoms with van der Waals surface area (Å²) < 4.78 is 25.2. The van der Waals surface area contributed by atoms with E-state index < -0.39 is 23.8 Å². The van der Waals surface area contributed by atoms with Gasteiger partial charge in [-0.15, -0.1) is 6.58 Å². The minimum atomic E-state index is -1.37. The summed E-state index contributed by atoms with van der Waals surface area (Å²) in [7, 11) is 3.39. The summed E-state index contributed by atoms with van der Waals surface area (Å²) in [6.07, 6.45) is 8.42. The van der Waals surface area contributed by atoms with Crippen molar-refractivity contribution in [1.29, 1.82) is 0 Å². The van der Waals surface area contributed by atoms with Gasteiger partial charge in [0.25, 0.3) is 0 Å². The van der Waals surface area contributed by atoms with Gasteiger partial charge in [-0.2, -0.15) is 0 Å². The first kappa shape index (κ1) is 40.8. The number of carbonyl (C=O) groups is 2. The number of unbranched alkanes of at least 4 members (excludes halogenated alkanes) is 2. The lowest BCUT2D eigenvalue weighted by atomic mass is 9.55. The van der Waals surface area contributed by atoms with Crippen LogP contribution >= 0.6 is 0 Å². The predicted molar refractivity (Wildman–Crippen MR) is 206 cm³/mol. The predicted octanol–water partition coefficient (Wildman–Crippen LogP) is 6.16. The number of likely N-dealkylation sites (N-methyl/N-ethyl adjacent to an activating group) is 1. The molecule has 0 saturated heterocycles. The van der Waals surface area contributed by atoms with Crippen LogP contribution in [0, 0.1) is 17.8 Å². The molecule has 12 heteroatoms. The fraction of sp³-hybridized carbons (Fsp3) is 0.548. The minimum Gasteiger partial charge on any atom is -0.497 e. The fourth-order valence-electron chi connectivity index (χ4n) is 8.48. The third kappa shape index (κ3) is 8.93. The number of amides is 2. The van der Waals surface area contributed by atoms with Crippen molar-refractivity contribution in [3.05, 3.63) is 77.9 Å². The maximum Gasteiger partial charge on any atom is 0.412 e. The number of carbonyl (C=O) groups excluding carboxylic acids is 2. The van der Waals surface area contributed by atoms with E-state index in [1.165, 1.54) is 0 Å². The van der Waals surface area contributed by atoms with Crippen molar-refractivity contribution >= 4 is 17.7 Å². The Labute approximate surface area is 319 Å². The molecular weight excluding hydrogens is 690 g/mol. The SMILES string of the molecule is C=CCOC12Oc3ccc(OC(=O)NCC)cc3C3C(CCCCO)C(CCCCO)C=C(C(=NOCC)CC1N(C)C(=O)Cc1cccc(OC)c1)C32. The van der Waals surface area contributed by atoms with Crippen molar-refractivity contribution < 1.29 is 43.6 Å². The fourth-order valence-corrected chi connectivity index (χ4v) is 8.48. The van der Waals surface area contributed by atoms with Crippen LogP contribution in [0.25, 0.3) is 0 Å². The molecule has 2 aromatic carbocycles. The maximum absolute atomic E-state index is 14.3. The highest BCUT2D eigenvalue weighted by atomic mass is 16.7. The molecule has 12 nitrogen and oxygen atoms in total. The van der Waals surface area contributed by atoms with Crippen molar-refractivity contribution in [2.24, 2.45) is 22.9 Å². The average Bonchev–Trinajstić information content (AvgIpc) is 3.17. The second-order valence-corrected chi connectivity index (χ2v) is 14.1. The number of aliphatic hydroxyl groups excluding tert-OH is 2. The van der Waals surface area contributed by atoms with Gasteiger partial charge in [0.1, 0.15) is 29.9 Å². The molecule has 294 valence electrons. The normalized spacial score (nSPS) is 24.7. The summed E-state index contributed by atoms with van der Waals surface area (Å²) >= 11 is 0. The van der Waals surface area contributed by atoms with Crippen molar-refractivity contribution in [2.75, 3.05) is 47.1 Å². The van der Waals surface area contributed by atoms with Crippen LogP contribution in [-0.4, -0.2) is 91.8 Å². The highest BCUT2D eigenvalue weighted by Gasteiger charge is 2.65. The minimum absolute atomic E-state index is 0.0444. The summed E-state index contributed by atoms with van der Waals surface area (Å²) in [5.41, 5.74) is 3.34. The zero-order valence-electron chi connectivity index (χ0n) is 32.1. The molecule has 0 aromatic heterocycles. The van der Waals surface area contributed by atoms with Gasteiger partial charge >= 0.3 is 6.09 Å². The Morgan fingerprint density at radius 2 is 1.85 bits per heavy atom. The first-order valence-electron chi connectivity index (χ1n) is 19.3. The molecule has 2 aliphatic carbocycles. The van der Waals surface area contributed by atoms with Crippen LogP contribution in [0.15, 0.2) is 71.9 Å². The monoisotopic (exact) mass is 747 g/mol. The van der Waals surface area contributed by atoms with Crippen molar-refractivity contribution in [3.8, 4) is 17.2 Å². The Hall–Kier alpha value is -4.39. The number of ether oxygens (including phenoxy) is 4. The molecule has 54 heavy (non-hydrogen) atoms. The van der Waals surface area contributed by atoms with Crippen molar-refractivity contribution in [3.63, 3.8) is 0 Å². The number of aliphatic hydroxyl groups is 2. The molecule has 6 unspecified atom stereocenters. The van der Waals surface area contributed by atoms with Crippen LogP contribution in [0.5, 0.6) is 17.2 Å². The van der Waals surface area contributed by atoms with Gasteiger partial charge < -0.3 is 44.2 Å². The summed E-state index contributed by atoms with van der Waals surface area (Å²) in [6.45, 7) is 8.82. The van der Waals surface area contributed by atoms with E-state index in [9.17, 15) is 19.8 Å². The average molecular weight is 748 g/mol. The second kappa shape index (κ2) is 19.3. The number of hydrogen-bond donors (Lipinski definition) is 3. The lowest BCUT2D eigenvalue weighted by molar-refractivity contribution is -0.255. The summed E-state index contributed by atoms with van der Waals surface area (Å²) in [5, 5.41) is 27.0. The van der Waals surface area contributed by atoms with Gasteiger partial charge in [0, 0.05) is 44.7 Å². The van der Waals surface area contributed by atoms with Gasteiger partial charge in [-0.25, -0.2) is 4.79 Å². The second-order valence-electron chi connectivity index (χ2n) is 14.1. The van der Waals surface area contributed by atoms with E-state index in [2.05, 4.69) is 18.0 Å². The number of benzene rings is 2. The summed E-state index contributed by atoms with van der Waals surface area (Å²) in [6, 6.07) is 12.3. The Morgan fingerprint density at radius 3 is 2.56 bits per heavy atom. The first-order chi connectivity index (χ1) is 26.2. The van der Waals surface area contributed by atoms with Crippen LogP contribution in [0.4, 0.5) is 4.79 Å². The van der Waals surface area contributed by atoms with Crippen molar-refractivity contribution in [2.45, 2.75) is 83.0 Å². The largest absolute Gasteiger partial charge is 0.497 e. The number of rotatable bonds is 19. The molecule has 1 aliphatic heterocycles. The van der Waals surface area contributed by atoms with Crippen LogP contribution in [-0.2, 0) is 20.8 Å². The molecule has 0 bridgehead atoms. The third-order valence-corrected chi connectivity index (χ3v) is 10.8. The first-order valence-corrected chi connectivity index (χ1v) is 19.3. The van der Waals surface area contributed by atoms with Crippen molar-refractivity contribution in [1.82, 2.24) is 10.2 Å². The van der Waals surface area contributed by atoms with Gasteiger partial charge in [0.05, 0.1) is 31.8 Å². The molecule has 6 atom stereocenters. The van der Waals surface area contributed by atoms with E-state index in [4.69, 9.17) is 28.9 Å². The molecule has 0 spiro atoms. The highest BCUT2D eigenvalue weighted by molar-refractivity contribution is 6.03. The molecule has 3 N–H and O–H groups in total. The summed E-state index contributed by atoms with van der Waals surface area (Å²) in [5.74, 6) is -0.432. The van der Waals surface area contributed by atoms with E-state index >= 15 is 0 Å². The quantitative estimate of drug-likeness (QED) is 0.0874. The van der Waals surface area contributed by atoms with E-state index in [1.807, 2.05) is 50.2 Å². The number of hydrogen-bond acceptors (Lipinski definition) is 10. The smallest absolute Gasteiger partial charge is 0.412 e. The van der Waals surface area contributed by atoms with Crippen LogP contribution in [0.1, 0.15) is 75.8 Å². The Bertz CT molecular complexity index is 1660. The lowest BCUT2D eigenvalue weighted by Crippen LogP contribution is -2.69. The molecule has 2 aromatic rings. The number of allylic oxidation sites excluding steroid dienone is 1. The Balaban J connectivity index is 1.71. The molecule has 5 rings (SSSR count). The van der Waals surface area contributed by atoms with E-state index in [-0.39, 0.29) is 49.9 Å². The molecule has 0 radical (unpaired) electrons. The summed E-state index contributed by atoms with van der Waals surface area (Å²) in [4.78, 5) is 34.4. The van der Waals surface area contributed by atoms with E-state index in [0.29, 0.717) is 49.7 Å². The molecule has 3 aliphatic rings. The van der Waals surface area contributed by atoms with Gasteiger partial charge in [-0.1, -0.05) is 42.3 Å². The number of fused-ring (bicyclic) bond motifs is 2. The number of nitrogens with zero attached hydrogens (tertiary/aromatic N) is 2. The van der Waals surface area contributed by atoms with Gasteiger partial charge in [-0.3, -0.25) is 4.79 Å². The molecule has 1 saturated carbocycles. The third-order valence-electron chi connectivity index (χ3n) is 10.8. The molecule has 1 fully saturated rings. The number of nitrogens with one attached hydrogen (secondary N) is 1. The number of methoxy groups -OCH3 is 1. The van der Waals surface area contributed by atoms with Crippen LogP contribution in [0.2, 0.25) is 0 Å². The lowest BCUT2D eigenvalue weighted by Gasteiger charge is -2.59. The van der Waals surface area contributed by atoms with Crippen LogP contribution < -0.4 is 19.5 Å². The standard InChI is InChI=1S/C42H57N3O9/c1-6-22-51-42-37(45(4)38(48)24-28-14-13-16-30(23-28)50-5)27-35(44-52-8-3)33-25-29(15-9-11-20-46)32(17-10-12-21-47)39(40(33)42)34-26-31(18-19-36(34)54-42)53-41(49)43-7-2/h6,13-14,16,18-19,23,25-26,29,32,37,39-40,46-47H,1,7-12,15,17,20-22,24,27H2,2-5H3,(H,43,49). The zero-order chi connectivity index (χ0) is 38.7. The van der Waals surface area contributed by atoms with Crippen LogP contribution in [0.3, 0.4) is 0 Å². The van der Waals surface area contributed by atoms with Gasteiger partial charge in [-0.05, 0) is 92.8 Å². The molecule has 1 heterocycles. The Kier molecular flexibility index (Phi) is 14.6.